The first-order valence-electron chi connectivity index (χ1n) is 7.35. The van der Waals surface area contributed by atoms with Gasteiger partial charge in [0, 0.05) is 23.3 Å². The molecule has 1 aromatic carbocycles. The molecule has 7 heteroatoms. The van der Waals surface area contributed by atoms with Gasteiger partial charge in [0.1, 0.15) is 0 Å². The molecule has 1 aromatic rings. The Balaban J connectivity index is 0.000000411. The summed E-state index contributed by atoms with van der Waals surface area (Å²) in [6.45, 7) is 9.56. The molecule has 1 N–H and O–H groups in total. The molecule has 0 aliphatic carbocycles. The van der Waals surface area contributed by atoms with Crippen LogP contribution in [0.3, 0.4) is 0 Å². The highest BCUT2D eigenvalue weighted by molar-refractivity contribution is 6.28. The van der Waals surface area contributed by atoms with Crippen LogP contribution in [0.15, 0.2) is 66.8 Å². The molecule has 0 fully saturated rings. The molecule has 2 amide bonds. The van der Waals surface area contributed by atoms with Crippen LogP contribution in [0.4, 0.5) is 5.69 Å². The molecule has 26 heavy (non-hydrogen) atoms. The highest BCUT2D eigenvalue weighted by Gasteiger charge is 2.24. The first-order chi connectivity index (χ1) is 12.1. The standard InChI is InChI=1S/C10H7NO2.C5H8O2.C4H6O2/c12-9-6-7-10(13)11(9)8-4-2-1-3-5-8;1-4(2)5(6)7-3;1-3(2)4(5)6/h1-7H;1H2,2-3H3;1H2,2H3,(H,5,6). The van der Waals surface area contributed by atoms with Crippen LogP contribution in [-0.4, -0.2) is 36.0 Å². The zero-order valence-electron chi connectivity index (χ0n) is 14.9. The van der Waals surface area contributed by atoms with Crippen LogP contribution in [0.25, 0.3) is 0 Å². The average molecular weight is 359 g/mol. The Bertz CT molecular complexity index is 704. The van der Waals surface area contributed by atoms with Gasteiger partial charge in [0.15, 0.2) is 0 Å². The molecular formula is C19H21NO6. The molecule has 1 aliphatic rings. The number of carbonyl (C=O) groups is 4. The van der Waals surface area contributed by atoms with Crippen LogP contribution < -0.4 is 4.90 Å². The van der Waals surface area contributed by atoms with E-state index in [0.29, 0.717) is 11.3 Å². The minimum atomic E-state index is -0.935. The van der Waals surface area contributed by atoms with E-state index in [1.54, 1.807) is 31.2 Å². The van der Waals surface area contributed by atoms with Crippen molar-refractivity contribution in [3.8, 4) is 0 Å². The number of methoxy groups -OCH3 is 1. The molecule has 0 saturated carbocycles. The number of esters is 1. The molecule has 0 unspecified atom stereocenters. The summed E-state index contributed by atoms with van der Waals surface area (Å²) in [6, 6.07) is 8.86. The predicted octanol–water partition coefficient (Wildman–Crippen LogP) is 2.50. The van der Waals surface area contributed by atoms with E-state index in [0.717, 1.165) is 4.90 Å². The van der Waals surface area contributed by atoms with Crippen molar-refractivity contribution in [2.75, 3.05) is 12.0 Å². The fourth-order valence-electron chi connectivity index (χ4n) is 1.41. The highest BCUT2D eigenvalue weighted by Crippen LogP contribution is 2.17. The molecule has 0 atom stereocenters. The molecule has 1 heterocycles. The van der Waals surface area contributed by atoms with E-state index in [9.17, 15) is 19.2 Å². The number of anilines is 1. The van der Waals surface area contributed by atoms with Gasteiger partial charge in [-0.15, -0.1) is 0 Å². The fraction of sp³-hybridized carbons (Fsp3) is 0.158. The Labute approximate surface area is 151 Å². The van der Waals surface area contributed by atoms with Crippen LogP contribution in [0.5, 0.6) is 0 Å². The van der Waals surface area contributed by atoms with Gasteiger partial charge in [-0.3, -0.25) is 9.59 Å². The van der Waals surface area contributed by atoms with Crippen molar-refractivity contribution in [3.63, 3.8) is 0 Å². The Morgan fingerprint density at radius 2 is 1.38 bits per heavy atom. The van der Waals surface area contributed by atoms with E-state index in [2.05, 4.69) is 17.9 Å². The van der Waals surface area contributed by atoms with Crippen molar-refractivity contribution in [1.29, 1.82) is 0 Å². The van der Waals surface area contributed by atoms with E-state index in [1.165, 1.54) is 26.2 Å². The minimum Gasteiger partial charge on any atom is -0.478 e. The third-order valence-corrected chi connectivity index (χ3v) is 2.72. The van der Waals surface area contributed by atoms with Gasteiger partial charge in [-0.2, -0.15) is 0 Å². The van der Waals surface area contributed by atoms with Crippen molar-refractivity contribution >= 4 is 29.4 Å². The van der Waals surface area contributed by atoms with E-state index in [4.69, 9.17) is 5.11 Å². The lowest BCUT2D eigenvalue weighted by Crippen LogP contribution is -2.29. The monoisotopic (exact) mass is 359 g/mol. The first-order valence-corrected chi connectivity index (χ1v) is 7.35. The lowest BCUT2D eigenvalue weighted by atomic mass is 10.3. The van der Waals surface area contributed by atoms with Gasteiger partial charge in [0.05, 0.1) is 12.8 Å². The van der Waals surface area contributed by atoms with Gasteiger partial charge >= 0.3 is 11.9 Å². The number of ether oxygens (including phenoxy) is 1. The van der Waals surface area contributed by atoms with Gasteiger partial charge in [-0.25, -0.2) is 14.5 Å². The number of hydrogen-bond acceptors (Lipinski definition) is 5. The zero-order valence-corrected chi connectivity index (χ0v) is 14.9. The number of carboxylic acid groups (broad SMARTS) is 1. The number of carboxylic acids is 1. The summed E-state index contributed by atoms with van der Waals surface area (Å²) in [7, 11) is 1.33. The number of benzene rings is 1. The third kappa shape index (κ3) is 7.87. The molecule has 0 bridgehead atoms. The number of nitrogens with zero attached hydrogens (tertiary/aromatic N) is 1. The Kier molecular flexibility index (Phi) is 9.65. The fourth-order valence-corrected chi connectivity index (χ4v) is 1.41. The number of carbonyl (C=O) groups excluding carboxylic acids is 3. The molecule has 2 rings (SSSR count). The lowest BCUT2D eigenvalue weighted by Gasteiger charge is -2.12. The van der Waals surface area contributed by atoms with Crippen molar-refractivity contribution in [2.24, 2.45) is 0 Å². The number of amides is 2. The summed E-state index contributed by atoms with van der Waals surface area (Å²) in [6.07, 6.45) is 2.55. The van der Waals surface area contributed by atoms with Crippen molar-refractivity contribution < 1.29 is 29.0 Å². The number of imide groups is 1. The lowest BCUT2D eigenvalue weighted by molar-refractivity contribution is -0.136. The van der Waals surface area contributed by atoms with E-state index >= 15 is 0 Å². The Hall–Kier alpha value is -3.48. The smallest absolute Gasteiger partial charge is 0.332 e. The van der Waals surface area contributed by atoms with Crippen LogP contribution in [-0.2, 0) is 23.9 Å². The van der Waals surface area contributed by atoms with Gasteiger partial charge in [-0.05, 0) is 26.0 Å². The summed E-state index contributed by atoms with van der Waals surface area (Å²) in [5, 5.41) is 7.89. The second-order valence-corrected chi connectivity index (χ2v) is 5.04. The Morgan fingerprint density at radius 1 is 0.962 bits per heavy atom. The normalized spacial score (nSPS) is 11.6. The number of hydrogen-bond donors (Lipinski definition) is 1. The molecule has 0 saturated heterocycles. The molecule has 0 aromatic heterocycles. The third-order valence-electron chi connectivity index (χ3n) is 2.72. The molecule has 138 valence electrons. The van der Waals surface area contributed by atoms with Gasteiger partial charge < -0.3 is 9.84 Å². The number of rotatable bonds is 3. The van der Waals surface area contributed by atoms with Crippen LogP contribution >= 0.6 is 0 Å². The molecule has 0 spiro atoms. The average Bonchev–Trinajstić information content (AvgIpc) is 2.94. The quantitative estimate of drug-likeness (QED) is 0.505. The molecule has 0 radical (unpaired) electrons. The highest BCUT2D eigenvalue weighted by atomic mass is 16.5. The molecular weight excluding hydrogens is 338 g/mol. The largest absolute Gasteiger partial charge is 0.478 e. The summed E-state index contributed by atoms with van der Waals surface area (Å²) in [5.74, 6) is -1.84. The van der Waals surface area contributed by atoms with Crippen LogP contribution in [0.2, 0.25) is 0 Å². The van der Waals surface area contributed by atoms with Crippen LogP contribution in [0, 0.1) is 0 Å². The van der Waals surface area contributed by atoms with Crippen LogP contribution in [0.1, 0.15) is 13.8 Å². The van der Waals surface area contributed by atoms with Gasteiger partial charge in [0.2, 0.25) is 0 Å². The maximum absolute atomic E-state index is 11.2. The predicted molar refractivity (Wildman–Crippen MR) is 97.4 cm³/mol. The van der Waals surface area contributed by atoms with E-state index in [1.807, 2.05) is 6.07 Å². The molecule has 7 nitrogen and oxygen atoms in total. The van der Waals surface area contributed by atoms with Crippen molar-refractivity contribution in [1.82, 2.24) is 0 Å². The van der Waals surface area contributed by atoms with E-state index in [-0.39, 0.29) is 23.4 Å². The first kappa shape index (κ1) is 22.5. The maximum Gasteiger partial charge on any atom is 0.332 e. The van der Waals surface area contributed by atoms with Gasteiger partial charge in [-0.1, -0.05) is 31.4 Å². The summed E-state index contributed by atoms with van der Waals surface area (Å²) >= 11 is 0. The summed E-state index contributed by atoms with van der Waals surface area (Å²) in [5.41, 5.74) is 1.22. The maximum atomic E-state index is 11.2. The second-order valence-electron chi connectivity index (χ2n) is 5.04. The van der Waals surface area contributed by atoms with Gasteiger partial charge in [0.25, 0.3) is 11.8 Å². The topological polar surface area (TPSA) is 101 Å². The number of aliphatic carboxylic acids is 1. The Morgan fingerprint density at radius 3 is 1.65 bits per heavy atom. The van der Waals surface area contributed by atoms with E-state index < -0.39 is 5.97 Å². The number of para-hydroxylation sites is 1. The summed E-state index contributed by atoms with van der Waals surface area (Å²) in [4.78, 5) is 43.3. The molecule has 1 aliphatic heterocycles. The minimum absolute atomic E-state index is 0.176. The zero-order chi connectivity index (χ0) is 20.3. The second kappa shape index (κ2) is 11.1. The van der Waals surface area contributed by atoms with Crippen molar-refractivity contribution in [2.45, 2.75) is 13.8 Å². The van der Waals surface area contributed by atoms with Crippen molar-refractivity contribution in [3.05, 3.63) is 66.8 Å². The summed E-state index contributed by atoms with van der Waals surface area (Å²) < 4.78 is 4.27. The SMILES string of the molecule is C=C(C)C(=O)O.C=C(C)C(=O)OC.O=C1C=CC(=O)N1c1ccccc1.